The molecule has 1 aromatic carbocycles. The fourth-order valence-corrected chi connectivity index (χ4v) is 1.86. The number of nitrogens with zero attached hydrogens (tertiary/aromatic N) is 1. The summed E-state index contributed by atoms with van der Waals surface area (Å²) in [6, 6.07) is 9.84. The molecule has 0 bridgehead atoms. The molecule has 1 N–H and O–H groups in total. The van der Waals surface area contributed by atoms with Gasteiger partial charge in [0.15, 0.2) is 0 Å². The van der Waals surface area contributed by atoms with E-state index in [1.807, 2.05) is 37.4 Å². The Morgan fingerprint density at radius 3 is 2.88 bits per heavy atom. The minimum absolute atomic E-state index is 0.725. The minimum atomic E-state index is 0.725. The normalized spacial score (nSPS) is 10.2. The van der Waals surface area contributed by atoms with Crippen LogP contribution in [0.2, 0.25) is 0 Å². The number of hydrogen-bond acceptors (Lipinski definition) is 3. The highest BCUT2D eigenvalue weighted by Crippen LogP contribution is 2.26. The van der Waals surface area contributed by atoms with Crippen LogP contribution in [-0.4, -0.2) is 12.0 Å². The first-order valence-electron chi connectivity index (χ1n) is 5.30. The van der Waals surface area contributed by atoms with Gasteiger partial charge in [-0.3, -0.25) is 4.98 Å². The van der Waals surface area contributed by atoms with E-state index in [9.17, 15) is 0 Å². The smallest absolute Gasteiger partial charge is 0.146 e. The van der Waals surface area contributed by atoms with Gasteiger partial charge in [-0.2, -0.15) is 0 Å². The van der Waals surface area contributed by atoms with Crippen molar-refractivity contribution in [1.29, 1.82) is 0 Å². The van der Waals surface area contributed by atoms with Crippen molar-refractivity contribution in [3.05, 3.63) is 52.8 Å². The van der Waals surface area contributed by atoms with Crippen LogP contribution in [0, 0.1) is 0 Å². The Hall–Kier alpha value is -1.39. The second-order valence-electron chi connectivity index (χ2n) is 3.58. The first-order chi connectivity index (χ1) is 8.29. The molecule has 0 aliphatic carbocycles. The van der Waals surface area contributed by atoms with Crippen molar-refractivity contribution in [3.63, 3.8) is 0 Å². The predicted octanol–water partition coefficient (Wildman–Crippen LogP) is 3.36. The molecule has 0 saturated heterocycles. The van der Waals surface area contributed by atoms with E-state index in [1.165, 1.54) is 0 Å². The van der Waals surface area contributed by atoms with Crippen molar-refractivity contribution in [2.45, 2.75) is 6.54 Å². The molecule has 0 amide bonds. The maximum atomic E-state index is 5.81. The third kappa shape index (κ3) is 3.28. The van der Waals surface area contributed by atoms with Crippen LogP contribution in [0.3, 0.4) is 0 Å². The van der Waals surface area contributed by atoms with E-state index in [4.69, 9.17) is 4.74 Å². The van der Waals surface area contributed by atoms with Crippen LogP contribution in [0.1, 0.15) is 5.56 Å². The number of hydrogen-bond donors (Lipinski definition) is 1. The number of pyridine rings is 1. The summed E-state index contributed by atoms with van der Waals surface area (Å²) in [5, 5.41) is 3.12. The van der Waals surface area contributed by atoms with Gasteiger partial charge < -0.3 is 10.1 Å². The van der Waals surface area contributed by atoms with E-state index in [1.54, 1.807) is 12.4 Å². The summed E-state index contributed by atoms with van der Waals surface area (Å²) >= 11 is 3.37. The number of aromatic nitrogens is 1. The molecule has 2 aromatic rings. The standard InChI is InChI=1S/C13H13BrN2O/c1-15-7-10-4-2-3-5-13(10)17-12-6-11(14)8-16-9-12/h2-6,8-9,15H,7H2,1H3. The van der Waals surface area contributed by atoms with Gasteiger partial charge in [-0.1, -0.05) is 18.2 Å². The van der Waals surface area contributed by atoms with Gasteiger partial charge in [0.05, 0.1) is 6.20 Å². The Morgan fingerprint density at radius 1 is 1.29 bits per heavy atom. The fraction of sp³-hybridized carbons (Fsp3) is 0.154. The summed E-state index contributed by atoms with van der Waals surface area (Å²) in [5.41, 5.74) is 1.12. The lowest BCUT2D eigenvalue weighted by atomic mass is 10.2. The van der Waals surface area contributed by atoms with Gasteiger partial charge in [0.1, 0.15) is 11.5 Å². The van der Waals surface area contributed by atoms with Crippen LogP contribution in [0.15, 0.2) is 47.2 Å². The van der Waals surface area contributed by atoms with Gasteiger partial charge in [0, 0.05) is 22.8 Å². The van der Waals surface area contributed by atoms with Gasteiger partial charge in [0.25, 0.3) is 0 Å². The fourth-order valence-electron chi connectivity index (χ4n) is 1.52. The van der Waals surface area contributed by atoms with E-state index in [0.29, 0.717) is 0 Å². The molecule has 2 rings (SSSR count). The second-order valence-corrected chi connectivity index (χ2v) is 4.49. The molecule has 0 atom stereocenters. The average molecular weight is 293 g/mol. The summed E-state index contributed by atoms with van der Waals surface area (Å²) in [5.74, 6) is 1.57. The minimum Gasteiger partial charge on any atom is -0.455 e. The molecule has 0 unspecified atom stereocenters. The third-order valence-corrected chi connectivity index (χ3v) is 2.68. The van der Waals surface area contributed by atoms with Crippen molar-refractivity contribution < 1.29 is 4.74 Å². The molecule has 0 aliphatic rings. The molecule has 0 spiro atoms. The zero-order chi connectivity index (χ0) is 12.1. The second kappa shape index (κ2) is 5.80. The number of para-hydroxylation sites is 1. The van der Waals surface area contributed by atoms with E-state index in [-0.39, 0.29) is 0 Å². The Balaban J connectivity index is 2.23. The van der Waals surface area contributed by atoms with Gasteiger partial charge in [-0.15, -0.1) is 0 Å². The zero-order valence-electron chi connectivity index (χ0n) is 9.48. The third-order valence-electron chi connectivity index (χ3n) is 2.25. The molecular weight excluding hydrogens is 280 g/mol. The number of rotatable bonds is 4. The van der Waals surface area contributed by atoms with Crippen LogP contribution in [0.5, 0.6) is 11.5 Å². The van der Waals surface area contributed by atoms with E-state index in [2.05, 4.69) is 26.2 Å². The first kappa shape index (κ1) is 12.1. The van der Waals surface area contributed by atoms with Crippen molar-refractivity contribution in [1.82, 2.24) is 10.3 Å². The van der Waals surface area contributed by atoms with Crippen molar-refractivity contribution in [3.8, 4) is 11.5 Å². The van der Waals surface area contributed by atoms with Crippen LogP contribution >= 0.6 is 15.9 Å². The Morgan fingerprint density at radius 2 is 2.12 bits per heavy atom. The van der Waals surface area contributed by atoms with Gasteiger partial charge in [0.2, 0.25) is 0 Å². The number of ether oxygens (including phenoxy) is 1. The lowest BCUT2D eigenvalue weighted by Gasteiger charge is -2.10. The molecule has 88 valence electrons. The maximum Gasteiger partial charge on any atom is 0.146 e. The van der Waals surface area contributed by atoms with Gasteiger partial charge in [-0.05, 0) is 35.1 Å². The van der Waals surface area contributed by atoms with Crippen LogP contribution in [-0.2, 0) is 6.54 Å². The highest BCUT2D eigenvalue weighted by molar-refractivity contribution is 9.10. The maximum absolute atomic E-state index is 5.81. The highest BCUT2D eigenvalue weighted by Gasteiger charge is 2.03. The largest absolute Gasteiger partial charge is 0.455 e. The van der Waals surface area contributed by atoms with E-state index >= 15 is 0 Å². The van der Waals surface area contributed by atoms with Crippen molar-refractivity contribution in [2.75, 3.05) is 7.05 Å². The van der Waals surface area contributed by atoms with E-state index < -0.39 is 0 Å². The van der Waals surface area contributed by atoms with Crippen LogP contribution in [0.4, 0.5) is 0 Å². The molecule has 0 radical (unpaired) electrons. The molecule has 1 aromatic heterocycles. The molecule has 0 fully saturated rings. The summed E-state index contributed by atoms with van der Waals surface area (Å²) < 4.78 is 6.71. The summed E-state index contributed by atoms with van der Waals surface area (Å²) in [6.45, 7) is 0.775. The first-order valence-corrected chi connectivity index (χ1v) is 6.10. The van der Waals surface area contributed by atoms with Gasteiger partial charge in [-0.25, -0.2) is 0 Å². The van der Waals surface area contributed by atoms with Crippen LogP contribution in [0.25, 0.3) is 0 Å². The molecule has 0 aliphatic heterocycles. The number of halogens is 1. The molecular formula is C13H13BrN2O. The lowest BCUT2D eigenvalue weighted by Crippen LogP contribution is -2.06. The molecule has 4 heteroatoms. The lowest BCUT2D eigenvalue weighted by molar-refractivity contribution is 0.471. The predicted molar refractivity (Wildman–Crippen MR) is 71.2 cm³/mol. The Kier molecular flexibility index (Phi) is 4.12. The summed E-state index contributed by atoms with van der Waals surface area (Å²) in [7, 11) is 1.91. The van der Waals surface area contributed by atoms with Gasteiger partial charge >= 0.3 is 0 Å². The van der Waals surface area contributed by atoms with Crippen molar-refractivity contribution >= 4 is 15.9 Å². The highest BCUT2D eigenvalue weighted by atomic mass is 79.9. The summed E-state index contributed by atoms with van der Waals surface area (Å²) in [4.78, 5) is 4.07. The number of benzene rings is 1. The average Bonchev–Trinajstić information content (AvgIpc) is 2.32. The monoisotopic (exact) mass is 292 g/mol. The number of nitrogens with one attached hydrogen (secondary N) is 1. The Labute approximate surface area is 109 Å². The topological polar surface area (TPSA) is 34.1 Å². The Bertz CT molecular complexity index is 502. The quantitative estimate of drug-likeness (QED) is 0.938. The van der Waals surface area contributed by atoms with Crippen molar-refractivity contribution in [2.24, 2.45) is 0 Å². The SMILES string of the molecule is CNCc1ccccc1Oc1cncc(Br)c1. The molecule has 0 saturated carbocycles. The molecule has 1 heterocycles. The summed E-state index contributed by atoms with van der Waals surface area (Å²) in [6.07, 6.45) is 3.42. The zero-order valence-corrected chi connectivity index (χ0v) is 11.1. The molecule has 17 heavy (non-hydrogen) atoms. The molecule has 3 nitrogen and oxygen atoms in total. The van der Waals surface area contributed by atoms with Crippen LogP contribution < -0.4 is 10.1 Å². The van der Waals surface area contributed by atoms with E-state index in [0.717, 1.165) is 28.1 Å².